The molecule has 0 aliphatic rings. The molecule has 4 rings (SSSR count). The van der Waals surface area contributed by atoms with Crippen LogP contribution in [0.1, 0.15) is 10.4 Å². The van der Waals surface area contributed by atoms with Crippen molar-refractivity contribution in [2.75, 3.05) is 11.9 Å². The number of hydrogen-bond donors (Lipinski definition) is 2. The van der Waals surface area contributed by atoms with Crippen molar-refractivity contribution in [1.82, 2.24) is 20.1 Å². The maximum Gasteiger partial charge on any atom is 0.251 e. The number of nitrogens with one attached hydrogen (secondary N) is 2. The van der Waals surface area contributed by atoms with Crippen LogP contribution in [-0.4, -0.2) is 33.1 Å². The van der Waals surface area contributed by atoms with E-state index in [-0.39, 0.29) is 18.4 Å². The first kappa shape index (κ1) is 19.1. The normalized spacial score (nSPS) is 10.4. The first-order chi connectivity index (χ1) is 14.7. The lowest BCUT2D eigenvalue weighted by atomic mass is 10.0. The van der Waals surface area contributed by atoms with E-state index in [2.05, 4.69) is 20.7 Å². The zero-order valence-electron chi connectivity index (χ0n) is 16.0. The van der Waals surface area contributed by atoms with Crippen LogP contribution >= 0.6 is 0 Å². The molecule has 3 aromatic carbocycles. The fourth-order valence-electron chi connectivity index (χ4n) is 2.95. The highest BCUT2D eigenvalue weighted by molar-refractivity contribution is 5.99. The van der Waals surface area contributed by atoms with Crippen molar-refractivity contribution < 1.29 is 9.59 Å². The van der Waals surface area contributed by atoms with Crippen LogP contribution in [0.4, 0.5) is 5.69 Å². The molecule has 0 saturated carbocycles. The minimum absolute atomic E-state index is 0.121. The molecule has 0 unspecified atom stereocenters. The van der Waals surface area contributed by atoms with E-state index in [1.54, 1.807) is 35.3 Å². The third kappa shape index (κ3) is 4.59. The van der Waals surface area contributed by atoms with E-state index in [1.807, 2.05) is 54.6 Å². The number of nitrogens with zero attached hydrogens (tertiary/aromatic N) is 3. The number of carbonyl (C=O) groups excluding carboxylic acids is 2. The van der Waals surface area contributed by atoms with Crippen molar-refractivity contribution in [3.8, 4) is 16.8 Å². The number of aromatic nitrogens is 3. The summed E-state index contributed by atoms with van der Waals surface area (Å²) in [6, 6.07) is 24.4. The Kier molecular flexibility index (Phi) is 5.61. The van der Waals surface area contributed by atoms with Crippen LogP contribution in [0.3, 0.4) is 0 Å². The Hall–Kier alpha value is -4.26. The second-order valence-electron chi connectivity index (χ2n) is 6.56. The Bertz CT molecular complexity index is 1120. The molecule has 1 heterocycles. The van der Waals surface area contributed by atoms with Crippen LogP contribution in [0, 0.1) is 0 Å². The monoisotopic (exact) mass is 397 g/mol. The van der Waals surface area contributed by atoms with E-state index >= 15 is 0 Å². The number of carbonyl (C=O) groups is 2. The van der Waals surface area contributed by atoms with Gasteiger partial charge < -0.3 is 10.6 Å². The highest BCUT2D eigenvalue weighted by Crippen LogP contribution is 2.19. The van der Waals surface area contributed by atoms with E-state index in [0.717, 1.165) is 16.8 Å². The molecule has 0 bridgehead atoms. The van der Waals surface area contributed by atoms with Crippen LogP contribution in [0.2, 0.25) is 0 Å². The lowest BCUT2D eigenvalue weighted by Gasteiger charge is -2.08. The fraction of sp³-hybridized carbons (Fsp3) is 0.0435. The van der Waals surface area contributed by atoms with Crippen molar-refractivity contribution in [2.45, 2.75) is 0 Å². The van der Waals surface area contributed by atoms with Crippen molar-refractivity contribution in [1.29, 1.82) is 0 Å². The molecule has 0 aliphatic heterocycles. The average molecular weight is 397 g/mol. The third-order valence-corrected chi connectivity index (χ3v) is 4.50. The Balaban J connectivity index is 1.30. The van der Waals surface area contributed by atoms with Gasteiger partial charge in [0.2, 0.25) is 5.91 Å². The molecule has 0 radical (unpaired) electrons. The van der Waals surface area contributed by atoms with Gasteiger partial charge in [-0.2, -0.15) is 5.10 Å². The first-order valence-electron chi connectivity index (χ1n) is 9.38. The number of benzene rings is 3. The highest BCUT2D eigenvalue weighted by Gasteiger charge is 2.09. The van der Waals surface area contributed by atoms with Crippen molar-refractivity contribution in [2.24, 2.45) is 0 Å². The SMILES string of the molecule is O=C(CNC(=O)c1ccc(-c2ccccc2)cc1)Nc1ccc(-n2cncn2)cc1. The lowest BCUT2D eigenvalue weighted by molar-refractivity contribution is -0.115. The smallest absolute Gasteiger partial charge is 0.251 e. The predicted octanol–water partition coefficient (Wildman–Crippen LogP) is 3.30. The molecule has 0 spiro atoms. The molecule has 7 heteroatoms. The minimum Gasteiger partial charge on any atom is -0.343 e. The Morgan fingerprint density at radius 3 is 2.20 bits per heavy atom. The van der Waals surface area contributed by atoms with E-state index in [4.69, 9.17) is 0 Å². The summed E-state index contributed by atoms with van der Waals surface area (Å²) in [6.07, 6.45) is 3.04. The van der Waals surface area contributed by atoms with Crippen molar-refractivity contribution in [3.05, 3.63) is 97.1 Å². The van der Waals surface area contributed by atoms with E-state index in [0.29, 0.717) is 11.3 Å². The van der Waals surface area contributed by atoms with Crippen LogP contribution in [-0.2, 0) is 4.79 Å². The van der Waals surface area contributed by atoms with E-state index < -0.39 is 0 Å². The maximum atomic E-state index is 12.3. The Labute approximate surface area is 173 Å². The molecule has 0 fully saturated rings. The van der Waals surface area contributed by atoms with Gasteiger partial charge in [-0.1, -0.05) is 42.5 Å². The van der Waals surface area contributed by atoms with Gasteiger partial charge in [0, 0.05) is 11.3 Å². The van der Waals surface area contributed by atoms with Gasteiger partial charge in [0.25, 0.3) is 5.91 Å². The van der Waals surface area contributed by atoms with Crippen molar-refractivity contribution >= 4 is 17.5 Å². The summed E-state index contributed by atoms with van der Waals surface area (Å²) in [5.41, 5.74) is 4.07. The quantitative estimate of drug-likeness (QED) is 0.522. The topological polar surface area (TPSA) is 88.9 Å². The minimum atomic E-state index is -0.308. The zero-order chi connectivity index (χ0) is 20.8. The summed E-state index contributed by atoms with van der Waals surface area (Å²) >= 11 is 0. The molecular weight excluding hydrogens is 378 g/mol. The largest absolute Gasteiger partial charge is 0.343 e. The van der Waals surface area contributed by atoms with E-state index in [9.17, 15) is 9.59 Å². The average Bonchev–Trinajstić information content (AvgIpc) is 3.34. The van der Waals surface area contributed by atoms with Gasteiger partial charge in [-0.05, 0) is 47.5 Å². The van der Waals surface area contributed by atoms with Crippen LogP contribution in [0.25, 0.3) is 16.8 Å². The number of hydrogen-bond acceptors (Lipinski definition) is 4. The number of anilines is 1. The molecule has 2 amide bonds. The third-order valence-electron chi connectivity index (χ3n) is 4.50. The standard InChI is InChI=1S/C23H19N5O2/c29-22(27-20-10-12-21(13-11-20)28-16-24-15-26-28)14-25-23(30)19-8-6-18(7-9-19)17-4-2-1-3-5-17/h1-13,15-16H,14H2,(H,25,30)(H,27,29). The van der Waals surface area contributed by atoms with Crippen LogP contribution in [0.15, 0.2) is 91.5 Å². The summed E-state index contributed by atoms with van der Waals surface area (Å²) < 4.78 is 1.62. The molecule has 0 saturated heterocycles. The number of rotatable bonds is 6. The van der Waals surface area contributed by atoms with Crippen LogP contribution in [0.5, 0.6) is 0 Å². The zero-order valence-corrected chi connectivity index (χ0v) is 16.0. The second-order valence-corrected chi connectivity index (χ2v) is 6.56. The van der Waals surface area contributed by atoms with Crippen molar-refractivity contribution in [3.63, 3.8) is 0 Å². The summed E-state index contributed by atoms with van der Waals surface area (Å²) in [6.45, 7) is -0.121. The Morgan fingerprint density at radius 2 is 1.53 bits per heavy atom. The maximum absolute atomic E-state index is 12.3. The molecule has 1 aromatic heterocycles. The van der Waals surface area contributed by atoms with E-state index in [1.165, 1.54) is 6.33 Å². The molecule has 2 N–H and O–H groups in total. The molecule has 0 atom stereocenters. The Morgan fingerprint density at radius 1 is 0.833 bits per heavy atom. The molecule has 4 aromatic rings. The van der Waals surface area contributed by atoms with Gasteiger partial charge in [-0.25, -0.2) is 9.67 Å². The molecular formula is C23H19N5O2. The van der Waals surface area contributed by atoms with Crippen LogP contribution < -0.4 is 10.6 Å². The number of amides is 2. The molecule has 7 nitrogen and oxygen atoms in total. The summed E-state index contributed by atoms with van der Waals surface area (Å²) in [4.78, 5) is 28.4. The van der Waals surface area contributed by atoms with Gasteiger partial charge in [0.15, 0.2) is 0 Å². The van der Waals surface area contributed by atoms with Gasteiger partial charge in [-0.15, -0.1) is 0 Å². The summed E-state index contributed by atoms with van der Waals surface area (Å²) in [5, 5.41) is 9.44. The lowest BCUT2D eigenvalue weighted by Crippen LogP contribution is -2.32. The highest BCUT2D eigenvalue weighted by atomic mass is 16.2. The fourth-order valence-corrected chi connectivity index (χ4v) is 2.95. The summed E-state index contributed by atoms with van der Waals surface area (Å²) in [7, 11) is 0. The van der Waals surface area contributed by atoms with Gasteiger partial charge in [-0.3, -0.25) is 9.59 Å². The molecule has 148 valence electrons. The molecule has 30 heavy (non-hydrogen) atoms. The van der Waals surface area contributed by atoms with Gasteiger partial charge in [0.1, 0.15) is 12.7 Å². The first-order valence-corrected chi connectivity index (χ1v) is 9.38. The second kappa shape index (κ2) is 8.83. The molecule has 0 aliphatic carbocycles. The van der Waals surface area contributed by atoms with Gasteiger partial charge in [0.05, 0.1) is 12.2 Å². The van der Waals surface area contributed by atoms with Gasteiger partial charge >= 0.3 is 0 Å². The predicted molar refractivity (Wildman–Crippen MR) is 114 cm³/mol. The summed E-state index contributed by atoms with van der Waals surface area (Å²) in [5.74, 6) is -0.607.